The van der Waals surface area contributed by atoms with Gasteiger partial charge in [-0.2, -0.15) is 0 Å². The number of benzene rings is 11. The van der Waals surface area contributed by atoms with Crippen LogP contribution in [0.1, 0.15) is 22.3 Å². The molecule has 14 rings (SSSR count). The maximum Gasteiger partial charge on any atom is 0.0726 e. The highest BCUT2D eigenvalue weighted by atomic mass is 15.1. The summed E-state index contributed by atoms with van der Waals surface area (Å²) in [5.74, 6) is 0. The standard InChI is InChI=1S/C67H44N2/c1-3-15-45(16-4-1)47-27-34-51(35-28-47)68(54-40-41-58-57-21-9-13-25-63(57)67(64(58)44-54)61-23-11-7-19-55(61)56-20-8-12-24-62(56)67)52-36-31-49(32-37-52)50-33-42-66-60(43-50)59-22-10-14-26-65(59)69(66)53-38-29-48(30-39-53)46-17-5-2-6-18-46/h1-44H. The highest BCUT2D eigenvalue weighted by Crippen LogP contribution is 2.63. The van der Waals surface area contributed by atoms with Crippen molar-refractivity contribution >= 4 is 38.9 Å². The predicted molar refractivity (Wildman–Crippen MR) is 288 cm³/mol. The fourth-order valence-corrected chi connectivity index (χ4v) is 11.8. The quantitative estimate of drug-likeness (QED) is 0.155. The van der Waals surface area contributed by atoms with E-state index in [-0.39, 0.29) is 0 Å². The Kier molecular flexibility index (Phi) is 8.84. The SMILES string of the molecule is c1ccc(-c2ccc(N(c3ccc(-c4ccc5c(c4)c4ccccc4n5-c4ccc(-c5ccccc5)cc4)cc3)c3ccc4c(c3)C3(c5ccccc5-c5ccccc53)c3ccccc3-4)cc2)cc1. The number of anilines is 3. The van der Waals surface area contributed by atoms with Crippen LogP contribution in [0.5, 0.6) is 0 Å². The van der Waals surface area contributed by atoms with Crippen molar-refractivity contribution < 1.29 is 0 Å². The molecule has 0 fully saturated rings. The van der Waals surface area contributed by atoms with Crippen molar-refractivity contribution in [3.8, 4) is 61.3 Å². The molecule has 0 bridgehead atoms. The molecule has 11 aromatic carbocycles. The number of hydrogen-bond donors (Lipinski definition) is 0. The lowest BCUT2D eigenvalue weighted by Crippen LogP contribution is -2.26. The van der Waals surface area contributed by atoms with Gasteiger partial charge in [-0.05, 0) is 145 Å². The Morgan fingerprint density at radius 1 is 0.261 bits per heavy atom. The molecule has 0 N–H and O–H groups in total. The summed E-state index contributed by atoms with van der Waals surface area (Å²) in [5.41, 5.74) is 24.2. The molecule has 1 spiro atoms. The molecule has 1 aromatic heterocycles. The molecule has 2 aliphatic carbocycles. The van der Waals surface area contributed by atoms with Gasteiger partial charge >= 0.3 is 0 Å². The van der Waals surface area contributed by atoms with Gasteiger partial charge in [-0.15, -0.1) is 0 Å². The van der Waals surface area contributed by atoms with E-state index in [0.717, 1.165) is 22.7 Å². The van der Waals surface area contributed by atoms with Crippen LogP contribution in [0.4, 0.5) is 17.1 Å². The summed E-state index contributed by atoms with van der Waals surface area (Å²) in [6, 6.07) is 98.4. The van der Waals surface area contributed by atoms with Gasteiger partial charge in [0.15, 0.2) is 0 Å². The molecule has 2 heteroatoms. The third-order valence-electron chi connectivity index (χ3n) is 14.8. The lowest BCUT2D eigenvalue weighted by Gasteiger charge is -2.32. The Bertz CT molecular complexity index is 3860. The fourth-order valence-electron chi connectivity index (χ4n) is 11.8. The normalized spacial score (nSPS) is 12.8. The minimum Gasteiger partial charge on any atom is -0.310 e. The first-order valence-corrected chi connectivity index (χ1v) is 23.9. The van der Waals surface area contributed by atoms with Crippen LogP contribution in [-0.2, 0) is 5.41 Å². The molecule has 0 aliphatic heterocycles. The monoisotopic (exact) mass is 876 g/mol. The maximum absolute atomic E-state index is 2.48. The summed E-state index contributed by atoms with van der Waals surface area (Å²) in [7, 11) is 0. The van der Waals surface area contributed by atoms with Gasteiger partial charge in [0.2, 0.25) is 0 Å². The van der Waals surface area contributed by atoms with Crippen LogP contribution in [0, 0.1) is 0 Å². The molecule has 0 saturated heterocycles. The number of rotatable bonds is 7. The van der Waals surface area contributed by atoms with Gasteiger partial charge in [0.25, 0.3) is 0 Å². The second kappa shape index (κ2) is 15.6. The Hall–Kier alpha value is -8.98. The number of nitrogens with zero attached hydrogens (tertiary/aromatic N) is 2. The maximum atomic E-state index is 2.48. The molecule has 2 aliphatic rings. The second-order valence-electron chi connectivity index (χ2n) is 18.4. The zero-order chi connectivity index (χ0) is 45.5. The highest BCUT2D eigenvalue weighted by molar-refractivity contribution is 6.10. The molecule has 0 amide bonds. The predicted octanol–water partition coefficient (Wildman–Crippen LogP) is 17.6. The Morgan fingerprint density at radius 3 is 1.23 bits per heavy atom. The smallest absolute Gasteiger partial charge is 0.0726 e. The second-order valence-corrected chi connectivity index (χ2v) is 18.4. The van der Waals surface area contributed by atoms with Gasteiger partial charge < -0.3 is 9.47 Å². The largest absolute Gasteiger partial charge is 0.310 e. The van der Waals surface area contributed by atoms with Gasteiger partial charge in [0.05, 0.1) is 16.4 Å². The van der Waals surface area contributed by atoms with Crippen LogP contribution in [0.25, 0.3) is 83.1 Å². The molecule has 1 heterocycles. The van der Waals surface area contributed by atoms with E-state index in [9.17, 15) is 0 Å². The molecular weight excluding hydrogens is 833 g/mol. The summed E-state index contributed by atoms with van der Waals surface area (Å²) in [5, 5.41) is 2.48. The summed E-state index contributed by atoms with van der Waals surface area (Å²) in [6.45, 7) is 0. The summed E-state index contributed by atoms with van der Waals surface area (Å²) >= 11 is 0. The third-order valence-corrected chi connectivity index (χ3v) is 14.8. The highest BCUT2D eigenvalue weighted by Gasteiger charge is 2.51. The van der Waals surface area contributed by atoms with E-state index in [1.165, 1.54) is 99.7 Å². The molecule has 322 valence electrons. The molecule has 0 radical (unpaired) electrons. The third kappa shape index (κ3) is 5.99. The first kappa shape index (κ1) is 39.2. The van der Waals surface area contributed by atoms with Crippen molar-refractivity contribution in [3.63, 3.8) is 0 Å². The van der Waals surface area contributed by atoms with Crippen molar-refractivity contribution in [3.05, 3.63) is 289 Å². The molecule has 0 unspecified atom stereocenters. The lowest BCUT2D eigenvalue weighted by atomic mass is 9.70. The number of hydrogen-bond acceptors (Lipinski definition) is 1. The van der Waals surface area contributed by atoms with E-state index in [0.29, 0.717) is 0 Å². The molecule has 0 saturated carbocycles. The topological polar surface area (TPSA) is 8.17 Å². The van der Waals surface area contributed by atoms with Crippen LogP contribution < -0.4 is 4.90 Å². The molecular formula is C67H44N2. The number of fused-ring (bicyclic) bond motifs is 13. The molecule has 0 atom stereocenters. The molecule has 2 nitrogen and oxygen atoms in total. The minimum atomic E-state index is -0.435. The van der Waals surface area contributed by atoms with E-state index in [4.69, 9.17) is 0 Å². The van der Waals surface area contributed by atoms with Gasteiger partial charge in [-0.1, -0.05) is 200 Å². The zero-order valence-electron chi connectivity index (χ0n) is 37.8. The van der Waals surface area contributed by atoms with Gasteiger partial charge in [0.1, 0.15) is 0 Å². The molecule has 69 heavy (non-hydrogen) atoms. The van der Waals surface area contributed by atoms with Crippen molar-refractivity contribution in [1.29, 1.82) is 0 Å². The van der Waals surface area contributed by atoms with Crippen LogP contribution in [0.3, 0.4) is 0 Å². The van der Waals surface area contributed by atoms with Crippen LogP contribution in [0.15, 0.2) is 267 Å². The van der Waals surface area contributed by atoms with Crippen molar-refractivity contribution in [1.82, 2.24) is 4.57 Å². The first-order valence-electron chi connectivity index (χ1n) is 23.9. The number of aromatic nitrogens is 1. The lowest BCUT2D eigenvalue weighted by molar-refractivity contribution is 0.793. The van der Waals surface area contributed by atoms with Crippen molar-refractivity contribution in [2.45, 2.75) is 5.41 Å². The molecule has 12 aromatic rings. The summed E-state index contributed by atoms with van der Waals surface area (Å²) in [6.07, 6.45) is 0. The van der Waals surface area contributed by atoms with E-state index in [1.807, 2.05) is 0 Å². The zero-order valence-corrected chi connectivity index (χ0v) is 37.8. The Balaban J connectivity index is 0.891. The van der Waals surface area contributed by atoms with Gasteiger partial charge in [-0.25, -0.2) is 0 Å². The van der Waals surface area contributed by atoms with Gasteiger partial charge in [0, 0.05) is 33.5 Å². The fraction of sp³-hybridized carbons (Fsp3) is 0.0149. The van der Waals surface area contributed by atoms with E-state index in [1.54, 1.807) is 0 Å². The van der Waals surface area contributed by atoms with Crippen LogP contribution >= 0.6 is 0 Å². The average molecular weight is 877 g/mol. The van der Waals surface area contributed by atoms with Crippen LogP contribution in [0.2, 0.25) is 0 Å². The summed E-state index contributed by atoms with van der Waals surface area (Å²) < 4.78 is 2.40. The Labute approximate surface area is 402 Å². The van der Waals surface area contributed by atoms with Crippen molar-refractivity contribution in [2.24, 2.45) is 0 Å². The van der Waals surface area contributed by atoms with E-state index in [2.05, 4.69) is 276 Å². The summed E-state index contributed by atoms with van der Waals surface area (Å²) in [4.78, 5) is 2.43. The minimum absolute atomic E-state index is 0.435. The Morgan fingerprint density at radius 2 is 0.667 bits per heavy atom. The van der Waals surface area contributed by atoms with E-state index >= 15 is 0 Å². The number of para-hydroxylation sites is 1. The van der Waals surface area contributed by atoms with E-state index < -0.39 is 5.41 Å². The van der Waals surface area contributed by atoms with Crippen molar-refractivity contribution in [2.75, 3.05) is 4.90 Å². The van der Waals surface area contributed by atoms with Crippen LogP contribution in [-0.4, -0.2) is 4.57 Å². The first-order chi connectivity index (χ1) is 34.2. The van der Waals surface area contributed by atoms with Gasteiger partial charge in [-0.3, -0.25) is 0 Å². The average Bonchev–Trinajstić information content (AvgIpc) is 4.03.